The molecule has 1 aromatic heterocycles. The summed E-state index contributed by atoms with van der Waals surface area (Å²) in [6, 6.07) is 2.19. The van der Waals surface area contributed by atoms with Crippen molar-refractivity contribution >= 4 is 11.8 Å². The van der Waals surface area contributed by atoms with Gasteiger partial charge in [-0.15, -0.1) is 0 Å². The van der Waals surface area contributed by atoms with Crippen LogP contribution in [-0.2, 0) is 28.4 Å². The molecule has 6 nitrogen and oxygen atoms in total. The van der Waals surface area contributed by atoms with Gasteiger partial charge in [0.15, 0.2) is 5.78 Å². The number of carbonyl (C=O) groups is 2. The van der Waals surface area contributed by atoms with Crippen molar-refractivity contribution in [2.45, 2.75) is 52.4 Å². The highest BCUT2D eigenvalue weighted by molar-refractivity contribution is 5.91. The van der Waals surface area contributed by atoms with Gasteiger partial charge in [-0.1, -0.05) is 20.8 Å². The molecule has 0 N–H and O–H groups in total. The summed E-state index contributed by atoms with van der Waals surface area (Å²) >= 11 is 0. The highest BCUT2D eigenvalue weighted by Crippen LogP contribution is 2.57. The maximum atomic E-state index is 12.7. The van der Waals surface area contributed by atoms with Crippen molar-refractivity contribution in [1.29, 1.82) is 5.26 Å². The predicted octanol–water partition coefficient (Wildman–Crippen LogP) is 2.56. The molecule has 0 radical (unpaired) electrons. The van der Waals surface area contributed by atoms with Crippen LogP contribution in [-0.4, -0.2) is 28.1 Å². The fraction of sp³-hybridized carbons (Fsp3) is 0.684. The molecule has 0 amide bonds. The minimum Gasteiger partial charge on any atom is -0.461 e. The third-order valence-electron chi connectivity index (χ3n) is 6.21. The first-order valence-corrected chi connectivity index (χ1v) is 8.85. The highest BCUT2D eigenvalue weighted by atomic mass is 16.5. The largest absolute Gasteiger partial charge is 0.461 e. The Morgan fingerprint density at radius 3 is 2.72 bits per heavy atom. The molecule has 0 aliphatic heterocycles. The van der Waals surface area contributed by atoms with Gasteiger partial charge in [-0.2, -0.15) is 10.4 Å². The highest BCUT2D eigenvalue weighted by Gasteiger charge is 2.58. The Morgan fingerprint density at radius 1 is 1.44 bits per heavy atom. The summed E-state index contributed by atoms with van der Waals surface area (Å²) in [5.74, 6) is -0.851. The van der Waals surface area contributed by atoms with Crippen LogP contribution in [0.15, 0.2) is 0 Å². The van der Waals surface area contributed by atoms with Crippen molar-refractivity contribution in [2.75, 3.05) is 6.61 Å². The second kappa shape index (κ2) is 5.69. The van der Waals surface area contributed by atoms with E-state index in [1.165, 1.54) is 0 Å². The van der Waals surface area contributed by atoms with E-state index < -0.39 is 16.7 Å². The summed E-state index contributed by atoms with van der Waals surface area (Å²) in [4.78, 5) is 25.1. The van der Waals surface area contributed by atoms with Crippen molar-refractivity contribution in [3.63, 3.8) is 0 Å². The lowest BCUT2D eigenvalue weighted by Gasteiger charge is -2.52. The van der Waals surface area contributed by atoms with E-state index in [2.05, 4.69) is 18.1 Å². The van der Waals surface area contributed by atoms with Crippen LogP contribution in [0.2, 0.25) is 0 Å². The van der Waals surface area contributed by atoms with Crippen LogP contribution in [0.5, 0.6) is 0 Å². The molecule has 3 atom stereocenters. The fourth-order valence-electron chi connectivity index (χ4n) is 5.13. The van der Waals surface area contributed by atoms with Crippen LogP contribution in [0.1, 0.15) is 62.3 Å². The number of Topliss-reactive ketones (excluding diaryl/α,β-unsaturated/α-hetero) is 1. The molecule has 1 aromatic rings. The van der Waals surface area contributed by atoms with Crippen LogP contribution < -0.4 is 0 Å². The van der Waals surface area contributed by atoms with E-state index in [0.29, 0.717) is 25.1 Å². The van der Waals surface area contributed by atoms with Crippen LogP contribution in [0, 0.1) is 28.6 Å². The Hall–Kier alpha value is -2.16. The molecule has 1 saturated carbocycles. The first kappa shape index (κ1) is 17.7. The Bertz CT molecular complexity index is 787. The number of rotatable bonds is 2. The Kier molecular flexibility index (Phi) is 4.02. The van der Waals surface area contributed by atoms with Gasteiger partial charge in [0.25, 0.3) is 0 Å². The van der Waals surface area contributed by atoms with E-state index in [1.54, 1.807) is 18.7 Å². The number of aromatic nitrogens is 2. The quantitative estimate of drug-likeness (QED) is 0.771. The Morgan fingerprint density at radius 2 is 2.12 bits per heavy atom. The maximum absolute atomic E-state index is 12.7. The molecule has 0 aromatic carbocycles. The number of nitriles is 1. The van der Waals surface area contributed by atoms with Crippen LogP contribution in [0.3, 0.4) is 0 Å². The predicted molar refractivity (Wildman–Crippen MR) is 90.8 cm³/mol. The Balaban J connectivity index is 2.15. The first-order chi connectivity index (χ1) is 11.7. The van der Waals surface area contributed by atoms with Crippen molar-refractivity contribution < 1.29 is 14.3 Å². The van der Waals surface area contributed by atoms with E-state index in [0.717, 1.165) is 17.7 Å². The fourth-order valence-corrected chi connectivity index (χ4v) is 5.13. The van der Waals surface area contributed by atoms with Crippen LogP contribution in [0.25, 0.3) is 0 Å². The Labute approximate surface area is 148 Å². The van der Waals surface area contributed by atoms with E-state index >= 15 is 0 Å². The van der Waals surface area contributed by atoms with Gasteiger partial charge in [-0.05, 0) is 32.1 Å². The first-order valence-electron chi connectivity index (χ1n) is 8.85. The number of hydrogen-bond acceptors (Lipinski definition) is 5. The average molecular weight is 343 g/mol. The number of ketones is 1. The molecule has 1 fully saturated rings. The molecular weight excluding hydrogens is 318 g/mol. The molecule has 0 spiro atoms. The minimum atomic E-state index is -0.629. The number of fused-ring (bicyclic) bond motifs is 3. The van der Waals surface area contributed by atoms with E-state index in [9.17, 15) is 14.9 Å². The number of esters is 1. The van der Waals surface area contributed by atoms with Crippen molar-refractivity contribution in [2.24, 2.45) is 24.3 Å². The zero-order valence-electron chi connectivity index (χ0n) is 15.5. The molecule has 25 heavy (non-hydrogen) atoms. The molecule has 3 unspecified atom stereocenters. The second-order valence-corrected chi connectivity index (χ2v) is 8.00. The van der Waals surface area contributed by atoms with Gasteiger partial charge < -0.3 is 4.74 Å². The minimum absolute atomic E-state index is 0.0301. The molecule has 134 valence electrons. The standard InChI is InChI=1S/C19H25N3O3/c1-6-25-17(24)14-12-7-8-13-18(2,3)16(23)11(10-20)9-19(13,4)15(12)21-22(14)5/h11,13H,6-9H2,1-5H3. The summed E-state index contributed by atoms with van der Waals surface area (Å²) in [6.45, 7) is 8.08. The average Bonchev–Trinajstić information content (AvgIpc) is 2.89. The molecular formula is C19H25N3O3. The topological polar surface area (TPSA) is 85.0 Å². The second-order valence-electron chi connectivity index (χ2n) is 8.00. The van der Waals surface area contributed by atoms with Gasteiger partial charge in [0.05, 0.1) is 18.4 Å². The SMILES string of the molecule is CCOC(=O)c1c2c(nn1C)C1(C)CC(C#N)C(=O)C(C)(C)C1CC2. The number of carbonyl (C=O) groups excluding carboxylic acids is 2. The monoisotopic (exact) mass is 343 g/mol. The molecule has 6 heteroatoms. The maximum Gasteiger partial charge on any atom is 0.356 e. The summed E-state index contributed by atoms with van der Waals surface area (Å²) in [7, 11) is 1.75. The van der Waals surface area contributed by atoms with E-state index in [1.807, 2.05) is 13.8 Å². The van der Waals surface area contributed by atoms with Crippen LogP contribution in [0.4, 0.5) is 0 Å². The number of nitrogens with zero attached hydrogens (tertiary/aromatic N) is 3. The van der Waals surface area contributed by atoms with Gasteiger partial charge in [0, 0.05) is 23.4 Å². The summed E-state index contributed by atoms with van der Waals surface area (Å²) in [6.07, 6.45) is 1.96. The lowest BCUT2D eigenvalue weighted by molar-refractivity contribution is -0.140. The smallest absolute Gasteiger partial charge is 0.356 e. The van der Waals surface area contributed by atoms with Gasteiger partial charge in [-0.25, -0.2) is 4.79 Å². The van der Waals surface area contributed by atoms with E-state index in [4.69, 9.17) is 4.74 Å². The molecule has 1 heterocycles. The van der Waals surface area contributed by atoms with Crippen molar-refractivity contribution in [1.82, 2.24) is 9.78 Å². The van der Waals surface area contributed by atoms with Gasteiger partial charge in [0.1, 0.15) is 11.6 Å². The van der Waals surface area contributed by atoms with Crippen molar-refractivity contribution in [3.05, 3.63) is 17.0 Å². The molecule has 0 saturated heterocycles. The summed E-state index contributed by atoms with van der Waals surface area (Å²) in [5, 5.41) is 14.2. The van der Waals surface area contributed by atoms with Gasteiger partial charge in [0.2, 0.25) is 0 Å². The zero-order chi connectivity index (χ0) is 18.6. The number of ether oxygens (including phenoxy) is 1. The normalized spacial score (nSPS) is 30.2. The van der Waals surface area contributed by atoms with Gasteiger partial charge >= 0.3 is 5.97 Å². The third kappa shape index (κ3) is 2.32. The summed E-state index contributed by atoms with van der Waals surface area (Å²) in [5.41, 5.74) is 1.30. The number of aryl methyl sites for hydroxylation is 1. The molecule has 2 aliphatic carbocycles. The van der Waals surface area contributed by atoms with Gasteiger partial charge in [-0.3, -0.25) is 9.48 Å². The number of hydrogen-bond donors (Lipinski definition) is 0. The molecule has 2 aliphatic rings. The lowest BCUT2D eigenvalue weighted by atomic mass is 9.49. The lowest BCUT2D eigenvalue weighted by Crippen LogP contribution is -2.55. The van der Waals surface area contributed by atoms with E-state index in [-0.39, 0.29) is 17.7 Å². The summed E-state index contributed by atoms with van der Waals surface area (Å²) < 4.78 is 6.79. The third-order valence-corrected chi connectivity index (χ3v) is 6.21. The molecule has 0 bridgehead atoms. The molecule has 3 rings (SSSR count). The van der Waals surface area contributed by atoms with Crippen LogP contribution >= 0.6 is 0 Å². The zero-order valence-corrected chi connectivity index (χ0v) is 15.5. The van der Waals surface area contributed by atoms with Crippen molar-refractivity contribution in [3.8, 4) is 6.07 Å².